The average Bonchev–Trinajstić information content (AvgIpc) is 2.94. The molecule has 0 aliphatic carbocycles. The van der Waals surface area contributed by atoms with Crippen LogP contribution in [0.5, 0.6) is 0 Å². The predicted octanol–water partition coefficient (Wildman–Crippen LogP) is 4.40. The molecule has 104 valence electrons. The van der Waals surface area contributed by atoms with Crippen molar-refractivity contribution >= 4 is 38.4 Å². The Balaban J connectivity index is 2.03. The molecule has 0 saturated heterocycles. The molecule has 0 aliphatic heterocycles. The van der Waals surface area contributed by atoms with Gasteiger partial charge in [0.1, 0.15) is 0 Å². The summed E-state index contributed by atoms with van der Waals surface area (Å²) in [7, 11) is 1.99. The minimum Gasteiger partial charge on any atom is -0.341 e. The Morgan fingerprint density at radius 2 is 2.10 bits per heavy atom. The largest absolute Gasteiger partial charge is 0.341 e. The first-order valence-corrected chi connectivity index (χ1v) is 7.72. The number of rotatable bonds is 3. The molecule has 0 radical (unpaired) electrons. The summed E-state index contributed by atoms with van der Waals surface area (Å²) in [5.74, 6) is 0. The predicted molar refractivity (Wildman–Crippen MR) is 86.3 cm³/mol. The SMILES string of the molecule is CCc1nn(C)c(Cn2ccc3cc(Cl)ccc32)c1Br. The van der Waals surface area contributed by atoms with Crippen molar-refractivity contribution in [2.24, 2.45) is 7.05 Å². The molecule has 0 N–H and O–H groups in total. The van der Waals surface area contributed by atoms with Gasteiger partial charge in [-0.1, -0.05) is 18.5 Å². The zero-order chi connectivity index (χ0) is 14.3. The van der Waals surface area contributed by atoms with Crippen LogP contribution in [-0.4, -0.2) is 14.3 Å². The summed E-state index contributed by atoms with van der Waals surface area (Å²) in [6.07, 6.45) is 3.02. The van der Waals surface area contributed by atoms with Crippen LogP contribution in [-0.2, 0) is 20.0 Å². The van der Waals surface area contributed by atoms with Crippen molar-refractivity contribution in [1.29, 1.82) is 0 Å². The molecule has 0 fully saturated rings. The third-order valence-electron chi connectivity index (χ3n) is 3.56. The molecule has 20 heavy (non-hydrogen) atoms. The minimum atomic E-state index is 0.769. The molecule has 3 aromatic rings. The lowest BCUT2D eigenvalue weighted by Gasteiger charge is -2.07. The maximum absolute atomic E-state index is 6.03. The van der Waals surface area contributed by atoms with Crippen LogP contribution >= 0.6 is 27.5 Å². The van der Waals surface area contributed by atoms with E-state index in [1.165, 1.54) is 11.2 Å². The Labute approximate surface area is 131 Å². The molecule has 0 unspecified atom stereocenters. The van der Waals surface area contributed by atoms with Gasteiger partial charge < -0.3 is 4.57 Å². The van der Waals surface area contributed by atoms with E-state index in [1.807, 2.05) is 23.9 Å². The maximum atomic E-state index is 6.03. The van der Waals surface area contributed by atoms with Crippen LogP contribution < -0.4 is 0 Å². The number of aromatic nitrogens is 3. The highest BCUT2D eigenvalue weighted by atomic mass is 79.9. The number of fused-ring (bicyclic) bond motifs is 1. The van der Waals surface area contributed by atoms with E-state index < -0.39 is 0 Å². The van der Waals surface area contributed by atoms with Crippen LogP contribution in [0.3, 0.4) is 0 Å². The third kappa shape index (κ3) is 2.27. The monoisotopic (exact) mass is 351 g/mol. The molecule has 0 atom stereocenters. The van der Waals surface area contributed by atoms with Crippen LogP contribution in [0.1, 0.15) is 18.3 Å². The molecule has 0 spiro atoms. The second kappa shape index (κ2) is 5.26. The van der Waals surface area contributed by atoms with E-state index >= 15 is 0 Å². The second-order valence-electron chi connectivity index (χ2n) is 4.83. The molecule has 2 aromatic heterocycles. The van der Waals surface area contributed by atoms with Gasteiger partial charge in [0.25, 0.3) is 0 Å². The van der Waals surface area contributed by atoms with Gasteiger partial charge in [-0.2, -0.15) is 5.10 Å². The number of aryl methyl sites for hydroxylation is 2. The van der Waals surface area contributed by atoms with Crippen molar-refractivity contribution in [2.75, 3.05) is 0 Å². The Bertz CT molecular complexity index is 773. The van der Waals surface area contributed by atoms with Gasteiger partial charge in [0, 0.05) is 29.2 Å². The molecule has 3 rings (SSSR count). The first-order chi connectivity index (χ1) is 9.60. The topological polar surface area (TPSA) is 22.8 Å². The van der Waals surface area contributed by atoms with Crippen molar-refractivity contribution in [2.45, 2.75) is 19.9 Å². The van der Waals surface area contributed by atoms with E-state index in [1.54, 1.807) is 0 Å². The quantitative estimate of drug-likeness (QED) is 0.685. The number of nitrogens with zero attached hydrogens (tertiary/aromatic N) is 3. The van der Waals surface area contributed by atoms with E-state index in [0.717, 1.165) is 33.5 Å². The molecule has 0 aliphatic rings. The van der Waals surface area contributed by atoms with Gasteiger partial charge in [-0.25, -0.2) is 0 Å². The van der Waals surface area contributed by atoms with Crippen LogP contribution in [0, 0.1) is 0 Å². The third-order valence-corrected chi connectivity index (χ3v) is 4.71. The fourth-order valence-electron chi connectivity index (χ4n) is 2.46. The van der Waals surface area contributed by atoms with Crippen molar-refractivity contribution in [3.63, 3.8) is 0 Å². The fraction of sp³-hybridized carbons (Fsp3) is 0.267. The van der Waals surface area contributed by atoms with Gasteiger partial charge in [0.2, 0.25) is 0 Å². The van der Waals surface area contributed by atoms with E-state index in [0.29, 0.717) is 0 Å². The summed E-state index contributed by atoms with van der Waals surface area (Å²) in [5.41, 5.74) is 3.46. The second-order valence-corrected chi connectivity index (χ2v) is 6.06. The molecular weight excluding hydrogens is 338 g/mol. The standard InChI is InChI=1S/C15H15BrClN3/c1-3-12-15(16)14(19(2)18-12)9-20-7-6-10-8-11(17)4-5-13(10)20/h4-8H,3,9H2,1-2H3. The maximum Gasteiger partial charge on any atom is 0.0767 e. The summed E-state index contributed by atoms with van der Waals surface area (Å²) in [5, 5.41) is 6.47. The minimum absolute atomic E-state index is 0.769. The Kier molecular flexibility index (Phi) is 3.61. The summed E-state index contributed by atoms with van der Waals surface area (Å²) in [4.78, 5) is 0. The molecule has 5 heteroatoms. The Hall–Kier alpha value is -1.26. The van der Waals surface area contributed by atoms with Gasteiger partial charge in [-0.3, -0.25) is 4.68 Å². The summed E-state index contributed by atoms with van der Waals surface area (Å²) >= 11 is 9.70. The van der Waals surface area contributed by atoms with Gasteiger partial charge in [-0.15, -0.1) is 0 Å². The summed E-state index contributed by atoms with van der Waals surface area (Å²) in [6, 6.07) is 8.06. The Morgan fingerprint density at radius 3 is 2.80 bits per heavy atom. The highest BCUT2D eigenvalue weighted by molar-refractivity contribution is 9.10. The number of halogens is 2. The number of benzene rings is 1. The van der Waals surface area contributed by atoms with E-state index in [9.17, 15) is 0 Å². The average molecular weight is 353 g/mol. The fourth-order valence-corrected chi connectivity index (χ4v) is 3.38. The van der Waals surface area contributed by atoms with Crippen molar-refractivity contribution in [3.05, 3.63) is 51.3 Å². The molecule has 3 nitrogen and oxygen atoms in total. The lowest BCUT2D eigenvalue weighted by atomic mass is 10.2. The van der Waals surface area contributed by atoms with E-state index in [2.05, 4.69) is 50.8 Å². The van der Waals surface area contributed by atoms with Gasteiger partial charge in [0.05, 0.1) is 22.4 Å². The molecule has 1 aromatic carbocycles. The number of hydrogen-bond acceptors (Lipinski definition) is 1. The molecular formula is C15H15BrClN3. The normalized spacial score (nSPS) is 11.4. The van der Waals surface area contributed by atoms with Crippen LogP contribution in [0.25, 0.3) is 10.9 Å². The van der Waals surface area contributed by atoms with Crippen LogP contribution in [0.2, 0.25) is 5.02 Å². The molecule has 2 heterocycles. The number of hydrogen-bond donors (Lipinski definition) is 0. The van der Waals surface area contributed by atoms with Crippen molar-refractivity contribution in [1.82, 2.24) is 14.3 Å². The zero-order valence-corrected chi connectivity index (χ0v) is 13.7. The smallest absolute Gasteiger partial charge is 0.0767 e. The van der Waals surface area contributed by atoms with Crippen LogP contribution in [0.4, 0.5) is 0 Å². The summed E-state index contributed by atoms with van der Waals surface area (Å²) in [6.45, 7) is 2.90. The molecule has 0 bridgehead atoms. The van der Waals surface area contributed by atoms with Gasteiger partial charge in [0.15, 0.2) is 0 Å². The van der Waals surface area contributed by atoms with Gasteiger partial charge in [-0.05, 0) is 46.6 Å². The molecule has 0 amide bonds. The first kappa shape index (κ1) is 13.7. The van der Waals surface area contributed by atoms with Gasteiger partial charge >= 0.3 is 0 Å². The Morgan fingerprint density at radius 1 is 1.30 bits per heavy atom. The highest BCUT2D eigenvalue weighted by Gasteiger charge is 2.13. The van der Waals surface area contributed by atoms with Crippen molar-refractivity contribution in [3.8, 4) is 0 Å². The van der Waals surface area contributed by atoms with E-state index in [4.69, 9.17) is 11.6 Å². The first-order valence-electron chi connectivity index (χ1n) is 6.54. The lowest BCUT2D eigenvalue weighted by molar-refractivity contribution is 0.668. The van der Waals surface area contributed by atoms with Crippen molar-refractivity contribution < 1.29 is 0 Å². The van der Waals surface area contributed by atoms with Crippen LogP contribution in [0.15, 0.2) is 34.9 Å². The molecule has 0 saturated carbocycles. The van der Waals surface area contributed by atoms with E-state index in [-0.39, 0.29) is 0 Å². The lowest BCUT2D eigenvalue weighted by Crippen LogP contribution is -2.05. The summed E-state index contributed by atoms with van der Waals surface area (Å²) < 4.78 is 5.27. The zero-order valence-electron chi connectivity index (χ0n) is 11.4. The highest BCUT2D eigenvalue weighted by Crippen LogP contribution is 2.25.